The monoisotopic (exact) mass is 272 g/mol. The summed E-state index contributed by atoms with van der Waals surface area (Å²) in [6.45, 7) is -0.713. The summed E-state index contributed by atoms with van der Waals surface area (Å²) in [4.78, 5) is 0. The molecule has 17 heavy (non-hydrogen) atoms. The van der Waals surface area contributed by atoms with Crippen molar-refractivity contribution in [3.05, 3.63) is 0 Å². The van der Waals surface area contributed by atoms with E-state index in [2.05, 4.69) is 0 Å². The standard InChI is InChI=1S/C9H17ClO7/c10-1-4(12)3-16-9-8(15)7(14)6(13)5(2-11)17-9/h4-9,11-15H,1-3H2/t4-,5+,6+,7-,8+,9+/m0/s1. The van der Waals surface area contributed by atoms with Crippen molar-refractivity contribution in [2.45, 2.75) is 36.8 Å². The molecule has 1 aliphatic rings. The average molecular weight is 273 g/mol. The van der Waals surface area contributed by atoms with Crippen LogP contribution in [0.3, 0.4) is 0 Å². The number of hydrogen-bond donors (Lipinski definition) is 5. The molecule has 0 aliphatic carbocycles. The van der Waals surface area contributed by atoms with E-state index in [9.17, 15) is 15.3 Å². The molecule has 102 valence electrons. The second kappa shape index (κ2) is 6.81. The fourth-order valence-corrected chi connectivity index (χ4v) is 1.54. The topological polar surface area (TPSA) is 120 Å². The molecule has 1 aliphatic heterocycles. The van der Waals surface area contributed by atoms with E-state index in [1.54, 1.807) is 0 Å². The third kappa shape index (κ3) is 3.73. The quantitative estimate of drug-likeness (QED) is 0.348. The van der Waals surface area contributed by atoms with Gasteiger partial charge in [0, 0.05) is 0 Å². The first-order valence-corrected chi connectivity index (χ1v) is 5.70. The van der Waals surface area contributed by atoms with Gasteiger partial charge in [0.25, 0.3) is 0 Å². The van der Waals surface area contributed by atoms with E-state index in [0.29, 0.717) is 0 Å². The molecule has 0 amide bonds. The van der Waals surface area contributed by atoms with Crippen LogP contribution in [0.1, 0.15) is 0 Å². The highest BCUT2D eigenvalue weighted by atomic mass is 35.5. The van der Waals surface area contributed by atoms with Crippen LogP contribution >= 0.6 is 11.6 Å². The predicted molar refractivity (Wildman–Crippen MR) is 56.4 cm³/mol. The second-order valence-corrected chi connectivity index (χ2v) is 4.15. The summed E-state index contributed by atoms with van der Waals surface area (Å²) >= 11 is 5.35. The van der Waals surface area contributed by atoms with E-state index in [-0.39, 0.29) is 12.5 Å². The summed E-state index contributed by atoms with van der Waals surface area (Å²) in [5.74, 6) is -0.0442. The molecule has 1 saturated heterocycles. The van der Waals surface area contributed by atoms with Crippen molar-refractivity contribution >= 4 is 11.6 Å². The molecule has 0 bridgehead atoms. The summed E-state index contributed by atoms with van der Waals surface area (Å²) in [5, 5.41) is 46.5. The van der Waals surface area contributed by atoms with Gasteiger partial charge in [-0.2, -0.15) is 0 Å². The van der Waals surface area contributed by atoms with E-state index < -0.39 is 43.4 Å². The van der Waals surface area contributed by atoms with Gasteiger partial charge >= 0.3 is 0 Å². The van der Waals surface area contributed by atoms with E-state index in [1.165, 1.54) is 0 Å². The molecular formula is C9H17ClO7. The lowest BCUT2D eigenvalue weighted by atomic mass is 9.99. The fraction of sp³-hybridized carbons (Fsp3) is 1.00. The SMILES string of the molecule is OC[C@H]1O[C@@H](OC[C@@H](O)CCl)[C@H](O)[C@@H](O)[C@@H]1O. The maximum Gasteiger partial charge on any atom is 0.186 e. The smallest absolute Gasteiger partial charge is 0.186 e. The molecule has 8 heteroatoms. The number of alkyl halides is 1. The normalized spacial score (nSPS) is 40.2. The summed E-state index contributed by atoms with van der Waals surface area (Å²) in [5.41, 5.74) is 0. The van der Waals surface area contributed by atoms with Gasteiger partial charge in [-0.1, -0.05) is 0 Å². The molecule has 6 atom stereocenters. The van der Waals surface area contributed by atoms with E-state index >= 15 is 0 Å². The van der Waals surface area contributed by atoms with Crippen LogP contribution in [0.4, 0.5) is 0 Å². The van der Waals surface area contributed by atoms with Gasteiger partial charge in [-0.05, 0) is 0 Å². The molecule has 0 aromatic rings. The van der Waals surface area contributed by atoms with Crippen molar-refractivity contribution in [1.82, 2.24) is 0 Å². The lowest BCUT2D eigenvalue weighted by Crippen LogP contribution is -2.59. The highest BCUT2D eigenvalue weighted by Gasteiger charge is 2.44. The molecule has 0 unspecified atom stereocenters. The van der Waals surface area contributed by atoms with Gasteiger partial charge in [-0.3, -0.25) is 0 Å². The average Bonchev–Trinajstić information content (AvgIpc) is 2.34. The molecule has 0 spiro atoms. The van der Waals surface area contributed by atoms with E-state index in [4.69, 9.17) is 31.3 Å². The van der Waals surface area contributed by atoms with E-state index in [1.807, 2.05) is 0 Å². The Balaban J connectivity index is 2.53. The Labute approximate surface area is 103 Å². The van der Waals surface area contributed by atoms with Crippen LogP contribution < -0.4 is 0 Å². The molecule has 1 rings (SSSR count). The maximum absolute atomic E-state index is 9.55. The summed E-state index contributed by atoms with van der Waals surface area (Å²) in [7, 11) is 0. The van der Waals surface area contributed by atoms with Gasteiger partial charge in [0.2, 0.25) is 0 Å². The van der Waals surface area contributed by atoms with E-state index in [0.717, 1.165) is 0 Å². The van der Waals surface area contributed by atoms with Crippen LogP contribution in [0.15, 0.2) is 0 Å². The third-order valence-electron chi connectivity index (χ3n) is 2.48. The molecule has 0 saturated carbocycles. The zero-order chi connectivity index (χ0) is 13.0. The Hall–Kier alpha value is 0.01000. The van der Waals surface area contributed by atoms with Crippen molar-refractivity contribution in [1.29, 1.82) is 0 Å². The Morgan fingerprint density at radius 3 is 2.35 bits per heavy atom. The van der Waals surface area contributed by atoms with Crippen LogP contribution in [-0.2, 0) is 9.47 Å². The lowest BCUT2D eigenvalue weighted by Gasteiger charge is -2.39. The largest absolute Gasteiger partial charge is 0.394 e. The van der Waals surface area contributed by atoms with Crippen molar-refractivity contribution in [3.63, 3.8) is 0 Å². The Kier molecular flexibility index (Phi) is 6.04. The Morgan fingerprint density at radius 1 is 1.18 bits per heavy atom. The van der Waals surface area contributed by atoms with Crippen molar-refractivity contribution in [2.24, 2.45) is 0 Å². The Bertz CT molecular complexity index is 227. The zero-order valence-corrected chi connectivity index (χ0v) is 9.77. The van der Waals surface area contributed by atoms with Gasteiger partial charge in [-0.25, -0.2) is 0 Å². The minimum atomic E-state index is -1.49. The lowest BCUT2D eigenvalue weighted by molar-refractivity contribution is -0.304. The first-order valence-electron chi connectivity index (χ1n) is 5.17. The van der Waals surface area contributed by atoms with Gasteiger partial charge < -0.3 is 35.0 Å². The van der Waals surface area contributed by atoms with Crippen LogP contribution in [0, 0.1) is 0 Å². The molecule has 7 nitrogen and oxygen atoms in total. The predicted octanol–water partition coefficient (Wildman–Crippen LogP) is -2.60. The van der Waals surface area contributed by atoms with Crippen LogP contribution in [0.5, 0.6) is 0 Å². The number of hydrogen-bond acceptors (Lipinski definition) is 7. The molecule has 1 heterocycles. The minimum Gasteiger partial charge on any atom is -0.394 e. The summed E-state index contributed by atoms with van der Waals surface area (Å²) < 4.78 is 10.0. The third-order valence-corrected chi connectivity index (χ3v) is 2.84. The van der Waals surface area contributed by atoms with Gasteiger partial charge in [-0.15, -0.1) is 11.6 Å². The number of rotatable bonds is 5. The van der Waals surface area contributed by atoms with Crippen molar-refractivity contribution in [2.75, 3.05) is 19.1 Å². The molecule has 0 aromatic carbocycles. The van der Waals surface area contributed by atoms with Crippen LogP contribution in [-0.4, -0.2) is 81.4 Å². The molecule has 1 fully saturated rings. The van der Waals surface area contributed by atoms with Gasteiger partial charge in [0.1, 0.15) is 24.4 Å². The number of aliphatic hydroxyl groups excluding tert-OH is 5. The van der Waals surface area contributed by atoms with Gasteiger partial charge in [0.05, 0.1) is 25.2 Å². The number of halogens is 1. The highest BCUT2D eigenvalue weighted by Crippen LogP contribution is 2.21. The summed E-state index contributed by atoms with van der Waals surface area (Å²) in [6, 6.07) is 0. The molecule has 0 radical (unpaired) electrons. The fourth-order valence-electron chi connectivity index (χ4n) is 1.46. The number of aliphatic hydroxyl groups is 5. The minimum absolute atomic E-state index is 0.0442. The molecule has 0 aromatic heterocycles. The zero-order valence-electron chi connectivity index (χ0n) is 9.02. The van der Waals surface area contributed by atoms with Crippen molar-refractivity contribution in [3.8, 4) is 0 Å². The van der Waals surface area contributed by atoms with Crippen LogP contribution in [0.25, 0.3) is 0 Å². The van der Waals surface area contributed by atoms with Gasteiger partial charge in [0.15, 0.2) is 6.29 Å². The molecule has 5 N–H and O–H groups in total. The van der Waals surface area contributed by atoms with Crippen LogP contribution in [0.2, 0.25) is 0 Å². The second-order valence-electron chi connectivity index (χ2n) is 3.84. The first kappa shape index (κ1) is 15.1. The number of ether oxygens (including phenoxy) is 2. The molecular weight excluding hydrogens is 256 g/mol. The highest BCUT2D eigenvalue weighted by molar-refractivity contribution is 6.18. The Morgan fingerprint density at radius 2 is 1.82 bits per heavy atom. The first-order chi connectivity index (χ1) is 8.01. The summed E-state index contributed by atoms with van der Waals surface area (Å²) in [6.07, 6.45) is -7.55. The van der Waals surface area contributed by atoms with Crippen molar-refractivity contribution < 1.29 is 35.0 Å². The maximum atomic E-state index is 9.55.